The van der Waals surface area contributed by atoms with E-state index in [1.54, 1.807) is 0 Å². The molecule has 0 amide bonds. The third kappa shape index (κ3) is 1.33. The molecule has 0 radical (unpaired) electrons. The summed E-state index contributed by atoms with van der Waals surface area (Å²) >= 11 is 0. The number of rotatable bonds is 1. The highest BCUT2D eigenvalue weighted by atomic mass is 16.5. The van der Waals surface area contributed by atoms with Crippen molar-refractivity contribution in [3.63, 3.8) is 0 Å². The van der Waals surface area contributed by atoms with Crippen LogP contribution in [0, 0.1) is 0 Å². The van der Waals surface area contributed by atoms with Crippen molar-refractivity contribution in [1.29, 1.82) is 0 Å². The Morgan fingerprint density at radius 1 is 1.58 bits per heavy atom. The van der Waals surface area contributed by atoms with Crippen LogP contribution in [-0.2, 0) is 4.74 Å². The zero-order valence-corrected chi connectivity index (χ0v) is 7.49. The molecule has 1 fully saturated rings. The van der Waals surface area contributed by atoms with Crippen LogP contribution in [-0.4, -0.2) is 24.1 Å². The lowest BCUT2D eigenvalue weighted by atomic mass is 9.90. The van der Waals surface area contributed by atoms with Gasteiger partial charge >= 0.3 is 0 Å². The highest BCUT2D eigenvalue weighted by Crippen LogP contribution is 2.28. The van der Waals surface area contributed by atoms with E-state index in [4.69, 9.17) is 10.5 Å². The molecule has 3 unspecified atom stereocenters. The summed E-state index contributed by atoms with van der Waals surface area (Å²) < 4.78 is 5.65. The van der Waals surface area contributed by atoms with E-state index >= 15 is 0 Å². The predicted octanol–water partition coefficient (Wildman–Crippen LogP) is 1.07. The fourth-order valence-electron chi connectivity index (χ4n) is 1.98. The lowest BCUT2D eigenvalue weighted by molar-refractivity contribution is 0.139. The Balaban J connectivity index is 2.00. The van der Waals surface area contributed by atoms with Gasteiger partial charge in [-0.2, -0.15) is 0 Å². The molecule has 1 heterocycles. The van der Waals surface area contributed by atoms with E-state index in [0.717, 1.165) is 31.6 Å². The highest BCUT2D eigenvalue weighted by molar-refractivity contribution is 5.77. The summed E-state index contributed by atoms with van der Waals surface area (Å²) in [7, 11) is 0. The van der Waals surface area contributed by atoms with Gasteiger partial charge in [0.2, 0.25) is 0 Å². The van der Waals surface area contributed by atoms with E-state index in [9.17, 15) is 0 Å². The van der Waals surface area contributed by atoms with Crippen molar-refractivity contribution < 1.29 is 4.74 Å². The summed E-state index contributed by atoms with van der Waals surface area (Å²) in [6.45, 7) is 2.08. The molecular weight excluding hydrogens is 152 g/mol. The largest absolute Gasteiger partial charge is 0.475 e. The molecule has 0 aromatic heterocycles. The first-order chi connectivity index (χ1) is 5.79. The maximum Gasteiger partial charge on any atom is 0.183 e. The predicted molar refractivity (Wildman–Crippen MR) is 48.2 cm³/mol. The topological polar surface area (TPSA) is 47.6 Å². The number of fused-ring (bicyclic) bond motifs is 1. The van der Waals surface area contributed by atoms with Crippen molar-refractivity contribution in [3.8, 4) is 0 Å². The van der Waals surface area contributed by atoms with Gasteiger partial charge in [0.25, 0.3) is 0 Å². The third-order valence-corrected chi connectivity index (χ3v) is 2.70. The molecule has 1 saturated carbocycles. The maximum atomic E-state index is 5.85. The minimum absolute atomic E-state index is 0.295. The van der Waals surface area contributed by atoms with Crippen molar-refractivity contribution in [2.24, 2.45) is 10.7 Å². The number of hydrogen-bond donors (Lipinski definition) is 1. The molecule has 0 saturated heterocycles. The van der Waals surface area contributed by atoms with Crippen LogP contribution in [0.5, 0.6) is 0 Å². The Kier molecular flexibility index (Phi) is 2.05. The van der Waals surface area contributed by atoms with Gasteiger partial charge < -0.3 is 10.5 Å². The molecule has 12 heavy (non-hydrogen) atoms. The van der Waals surface area contributed by atoms with Gasteiger partial charge in [0.05, 0.1) is 6.04 Å². The summed E-state index contributed by atoms with van der Waals surface area (Å²) in [4.78, 5) is 4.50. The van der Waals surface area contributed by atoms with Crippen molar-refractivity contribution in [3.05, 3.63) is 0 Å². The van der Waals surface area contributed by atoms with Crippen LogP contribution in [0.15, 0.2) is 4.99 Å². The molecule has 0 aromatic carbocycles. The highest BCUT2D eigenvalue weighted by Gasteiger charge is 2.35. The van der Waals surface area contributed by atoms with E-state index < -0.39 is 0 Å². The monoisotopic (exact) mass is 168 g/mol. The van der Waals surface area contributed by atoms with Gasteiger partial charge in [0.15, 0.2) is 5.90 Å². The average molecular weight is 168 g/mol. The van der Waals surface area contributed by atoms with E-state index in [-0.39, 0.29) is 0 Å². The van der Waals surface area contributed by atoms with Gasteiger partial charge in [-0.1, -0.05) is 6.92 Å². The van der Waals surface area contributed by atoms with Crippen molar-refractivity contribution in [2.45, 2.75) is 50.8 Å². The summed E-state index contributed by atoms with van der Waals surface area (Å²) in [5.41, 5.74) is 5.85. The average Bonchev–Trinajstić information content (AvgIpc) is 2.46. The number of nitrogens with zero attached hydrogens (tertiary/aromatic N) is 1. The molecule has 0 spiro atoms. The van der Waals surface area contributed by atoms with Crippen molar-refractivity contribution in [2.75, 3.05) is 0 Å². The van der Waals surface area contributed by atoms with Gasteiger partial charge in [-0.15, -0.1) is 0 Å². The van der Waals surface area contributed by atoms with E-state index in [1.165, 1.54) is 0 Å². The molecule has 68 valence electrons. The first-order valence-electron chi connectivity index (χ1n) is 4.78. The molecule has 0 bridgehead atoms. The Morgan fingerprint density at radius 2 is 2.42 bits per heavy atom. The molecule has 3 atom stereocenters. The summed E-state index contributed by atoms with van der Waals surface area (Å²) in [6.07, 6.45) is 4.41. The first kappa shape index (κ1) is 8.05. The minimum Gasteiger partial charge on any atom is -0.475 e. The quantitative estimate of drug-likeness (QED) is 0.636. The molecule has 2 N–H and O–H groups in total. The normalized spacial score (nSPS) is 40.2. The molecule has 2 rings (SSSR count). The molecule has 3 nitrogen and oxygen atoms in total. The lowest BCUT2D eigenvalue weighted by Crippen LogP contribution is -2.37. The van der Waals surface area contributed by atoms with Gasteiger partial charge in [-0.25, -0.2) is 4.99 Å². The third-order valence-electron chi connectivity index (χ3n) is 2.70. The number of nitrogens with two attached hydrogens (primary N) is 1. The van der Waals surface area contributed by atoms with Crippen LogP contribution in [0.1, 0.15) is 32.6 Å². The van der Waals surface area contributed by atoms with Gasteiger partial charge in [0, 0.05) is 18.9 Å². The van der Waals surface area contributed by atoms with E-state index in [0.29, 0.717) is 18.2 Å². The lowest BCUT2D eigenvalue weighted by Gasteiger charge is -2.26. The first-order valence-corrected chi connectivity index (χ1v) is 4.78. The van der Waals surface area contributed by atoms with E-state index in [1.807, 2.05) is 0 Å². The fourth-order valence-corrected chi connectivity index (χ4v) is 1.98. The summed E-state index contributed by atoms with van der Waals surface area (Å²) in [6, 6.07) is 0.748. The number of hydrogen-bond acceptors (Lipinski definition) is 3. The molecule has 1 aliphatic heterocycles. The second-order valence-electron chi connectivity index (χ2n) is 3.67. The summed E-state index contributed by atoms with van der Waals surface area (Å²) in [5.74, 6) is 0.930. The van der Waals surface area contributed by atoms with Crippen molar-refractivity contribution in [1.82, 2.24) is 0 Å². The molecule has 3 heteroatoms. The standard InChI is InChI=1S/C9H16N2O/c1-2-9-11-7-4-3-6(10)5-8(7)12-9/h6-8H,2-5,10H2,1H3. The fraction of sp³-hybridized carbons (Fsp3) is 0.889. The zero-order chi connectivity index (χ0) is 8.55. The second kappa shape index (κ2) is 3.05. The van der Waals surface area contributed by atoms with Crippen LogP contribution < -0.4 is 5.73 Å². The Hall–Kier alpha value is -0.570. The van der Waals surface area contributed by atoms with Crippen LogP contribution in [0.25, 0.3) is 0 Å². The minimum atomic E-state index is 0.295. The number of aliphatic imine (C=N–C) groups is 1. The Bertz CT molecular complexity index is 203. The van der Waals surface area contributed by atoms with Crippen LogP contribution in [0.2, 0.25) is 0 Å². The van der Waals surface area contributed by atoms with E-state index in [2.05, 4.69) is 11.9 Å². The van der Waals surface area contributed by atoms with Crippen LogP contribution in [0.3, 0.4) is 0 Å². The summed E-state index contributed by atoms with van der Waals surface area (Å²) in [5, 5.41) is 0. The smallest absolute Gasteiger partial charge is 0.183 e. The Labute approximate surface area is 73.0 Å². The second-order valence-corrected chi connectivity index (χ2v) is 3.67. The Morgan fingerprint density at radius 3 is 3.17 bits per heavy atom. The molecular formula is C9H16N2O. The zero-order valence-electron chi connectivity index (χ0n) is 7.49. The van der Waals surface area contributed by atoms with Crippen molar-refractivity contribution >= 4 is 5.90 Å². The van der Waals surface area contributed by atoms with Gasteiger partial charge in [-0.05, 0) is 12.8 Å². The molecule has 1 aliphatic carbocycles. The maximum absolute atomic E-state index is 5.85. The number of ether oxygens (including phenoxy) is 1. The van der Waals surface area contributed by atoms with Crippen LogP contribution >= 0.6 is 0 Å². The molecule has 2 aliphatic rings. The SMILES string of the molecule is CCC1=NC2CCC(N)CC2O1. The van der Waals surface area contributed by atoms with Crippen LogP contribution in [0.4, 0.5) is 0 Å². The van der Waals surface area contributed by atoms with Gasteiger partial charge in [-0.3, -0.25) is 0 Å². The van der Waals surface area contributed by atoms with Gasteiger partial charge in [0.1, 0.15) is 6.10 Å². The molecule has 0 aromatic rings.